The van der Waals surface area contributed by atoms with E-state index >= 15 is 0 Å². The Hall–Kier alpha value is -1.82. The Kier molecular flexibility index (Phi) is 12.5. The highest BCUT2D eigenvalue weighted by atomic mass is 19.4. The average Bonchev–Trinajstić information content (AvgIpc) is 2.77. The molecule has 2 rings (SSSR count). The maximum atomic E-state index is 12.2. The van der Waals surface area contributed by atoms with Gasteiger partial charge in [0.1, 0.15) is 6.10 Å². The number of hydrogen-bond donors (Lipinski definition) is 1. The van der Waals surface area contributed by atoms with E-state index in [9.17, 15) is 18.0 Å². The van der Waals surface area contributed by atoms with Gasteiger partial charge >= 0.3 is 12.1 Å². The molecule has 6 heteroatoms. The topological polar surface area (TPSA) is 38.3 Å². The molecular formula is C25H38F3NO2. The molecule has 1 aliphatic carbocycles. The summed E-state index contributed by atoms with van der Waals surface area (Å²) in [5.74, 6) is 0.124. The largest absolute Gasteiger partial charge is 0.459 e. The van der Waals surface area contributed by atoms with E-state index in [0.29, 0.717) is 30.9 Å². The Morgan fingerprint density at radius 2 is 1.71 bits per heavy atom. The van der Waals surface area contributed by atoms with Crippen molar-refractivity contribution in [1.29, 1.82) is 0 Å². The Morgan fingerprint density at radius 1 is 1.10 bits per heavy atom. The smallest absolute Gasteiger partial charge is 0.389 e. The SMILES string of the molecule is C=C(CNCC)C(=O)OC1CCC(c2ccc(CCCCC(F)(F)F)cc2)CC1.CC. The zero-order valence-corrected chi connectivity index (χ0v) is 19.2. The molecule has 0 saturated heterocycles. The molecule has 0 unspecified atom stereocenters. The molecule has 0 radical (unpaired) electrons. The van der Waals surface area contributed by atoms with Crippen molar-refractivity contribution in [3.8, 4) is 0 Å². The summed E-state index contributed by atoms with van der Waals surface area (Å²) in [6.45, 7) is 11.0. The fourth-order valence-electron chi connectivity index (χ4n) is 3.71. The van der Waals surface area contributed by atoms with Crippen LogP contribution in [0.25, 0.3) is 0 Å². The zero-order valence-electron chi connectivity index (χ0n) is 19.2. The van der Waals surface area contributed by atoms with E-state index in [1.165, 1.54) is 5.56 Å². The highest BCUT2D eigenvalue weighted by molar-refractivity contribution is 5.88. The van der Waals surface area contributed by atoms with E-state index in [1.807, 2.05) is 32.9 Å². The molecule has 0 spiro atoms. The van der Waals surface area contributed by atoms with Crippen LogP contribution >= 0.6 is 0 Å². The van der Waals surface area contributed by atoms with Gasteiger partial charge in [-0.3, -0.25) is 0 Å². The van der Waals surface area contributed by atoms with Gasteiger partial charge in [0, 0.05) is 18.5 Å². The van der Waals surface area contributed by atoms with Crippen molar-refractivity contribution in [3.05, 3.63) is 47.5 Å². The number of carbonyl (C=O) groups excluding carboxylic acids is 1. The lowest BCUT2D eigenvalue weighted by Gasteiger charge is -2.29. The third-order valence-electron chi connectivity index (χ3n) is 5.45. The minimum absolute atomic E-state index is 0.0509. The molecule has 31 heavy (non-hydrogen) atoms. The van der Waals surface area contributed by atoms with E-state index in [0.717, 1.165) is 37.8 Å². The second-order valence-corrected chi connectivity index (χ2v) is 7.83. The summed E-state index contributed by atoms with van der Waals surface area (Å²) in [7, 11) is 0. The summed E-state index contributed by atoms with van der Waals surface area (Å²) in [6.07, 6.45) is 0.182. The number of benzene rings is 1. The van der Waals surface area contributed by atoms with E-state index in [2.05, 4.69) is 24.0 Å². The first-order valence-electron chi connectivity index (χ1n) is 11.5. The maximum Gasteiger partial charge on any atom is 0.389 e. The molecule has 0 amide bonds. The Bertz CT molecular complexity index is 648. The molecule has 176 valence electrons. The number of nitrogens with one attached hydrogen (secondary N) is 1. The maximum absolute atomic E-state index is 12.2. The lowest BCUT2D eigenvalue weighted by atomic mass is 9.82. The first kappa shape index (κ1) is 27.2. The number of rotatable bonds is 10. The molecule has 1 aliphatic rings. The molecule has 0 heterocycles. The Balaban J connectivity index is 0.00000233. The third kappa shape index (κ3) is 10.9. The first-order chi connectivity index (χ1) is 14.8. The molecule has 1 aromatic rings. The van der Waals surface area contributed by atoms with Crippen LogP contribution in [0.5, 0.6) is 0 Å². The van der Waals surface area contributed by atoms with Crippen molar-refractivity contribution in [2.45, 2.75) is 90.3 Å². The molecule has 0 bridgehead atoms. The standard InChI is InChI=1S/C23H32F3NO2.C2H6/c1-3-27-16-17(2)22(28)29-21-13-11-20(12-14-21)19-9-7-18(8-10-19)6-4-5-15-23(24,25)26;1-2/h7-10,20-21,27H,2-6,11-16H2,1H3;1-2H3. The normalized spacial score (nSPS) is 18.6. The van der Waals surface area contributed by atoms with Gasteiger partial charge in [-0.2, -0.15) is 13.2 Å². The molecule has 1 N–H and O–H groups in total. The van der Waals surface area contributed by atoms with Gasteiger partial charge in [-0.15, -0.1) is 0 Å². The lowest BCUT2D eigenvalue weighted by Crippen LogP contribution is -2.27. The molecule has 1 fully saturated rings. The molecule has 0 aliphatic heterocycles. The molecule has 3 nitrogen and oxygen atoms in total. The van der Waals surface area contributed by atoms with E-state index in [-0.39, 0.29) is 18.5 Å². The van der Waals surface area contributed by atoms with Crippen molar-refractivity contribution in [3.63, 3.8) is 0 Å². The van der Waals surface area contributed by atoms with E-state index in [1.54, 1.807) is 0 Å². The van der Waals surface area contributed by atoms with Gasteiger partial charge in [0.15, 0.2) is 0 Å². The van der Waals surface area contributed by atoms with Crippen LogP contribution in [0.1, 0.15) is 82.8 Å². The second kappa shape index (κ2) is 14.3. The number of aryl methyl sites for hydroxylation is 1. The number of carbonyl (C=O) groups is 1. The second-order valence-electron chi connectivity index (χ2n) is 7.83. The lowest BCUT2D eigenvalue weighted by molar-refractivity contribution is -0.146. The van der Waals surface area contributed by atoms with Crippen LogP contribution in [-0.4, -0.2) is 31.3 Å². The van der Waals surface area contributed by atoms with Crippen LogP contribution in [0.4, 0.5) is 13.2 Å². The van der Waals surface area contributed by atoms with Gasteiger partial charge in [0.2, 0.25) is 0 Å². The van der Waals surface area contributed by atoms with Gasteiger partial charge in [-0.05, 0) is 68.5 Å². The quantitative estimate of drug-likeness (QED) is 0.249. The van der Waals surface area contributed by atoms with Crippen LogP contribution < -0.4 is 5.32 Å². The van der Waals surface area contributed by atoms with Crippen LogP contribution in [0.2, 0.25) is 0 Å². The zero-order chi connectivity index (χ0) is 23.3. The fourth-order valence-corrected chi connectivity index (χ4v) is 3.71. The van der Waals surface area contributed by atoms with Gasteiger partial charge in [0.25, 0.3) is 0 Å². The van der Waals surface area contributed by atoms with E-state index in [4.69, 9.17) is 4.74 Å². The van der Waals surface area contributed by atoms with Gasteiger partial charge < -0.3 is 10.1 Å². The summed E-state index contributed by atoms with van der Waals surface area (Å²) in [5, 5.41) is 3.07. The van der Waals surface area contributed by atoms with Crippen molar-refractivity contribution < 1.29 is 22.7 Å². The number of ether oxygens (including phenoxy) is 1. The monoisotopic (exact) mass is 441 g/mol. The predicted octanol–water partition coefficient (Wildman–Crippen LogP) is 6.72. The molecule has 0 aromatic heterocycles. The van der Waals surface area contributed by atoms with Crippen LogP contribution in [0.3, 0.4) is 0 Å². The van der Waals surface area contributed by atoms with Crippen molar-refractivity contribution in [2.75, 3.05) is 13.1 Å². The summed E-state index contributed by atoms with van der Waals surface area (Å²) in [4.78, 5) is 12.0. The summed E-state index contributed by atoms with van der Waals surface area (Å²) >= 11 is 0. The highest BCUT2D eigenvalue weighted by Crippen LogP contribution is 2.34. The number of esters is 1. The predicted molar refractivity (Wildman–Crippen MR) is 120 cm³/mol. The molecular weight excluding hydrogens is 403 g/mol. The minimum atomic E-state index is -4.06. The fraction of sp³-hybridized carbons (Fsp3) is 0.640. The van der Waals surface area contributed by atoms with Crippen LogP contribution in [0.15, 0.2) is 36.4 Å². The first-order valence-corrected chi connectivity index (χ1v) is 11.5. The van der Waals surface area contributed by atoms with Gasteiger partial charge in [-0.1, -0.05) is 51.6 Å². The number of alkyl halides is 3. The average molecular weight is 442 g/mol. The van der Waals surface area contributed by atoms with Crippen molar-refractivity contribution >= 4 is 5.97 Å². The number of halogens is 3. The van der Waals surface area contributed by atoms with Gasteiger partial charge in [-0.25, -0.2) is 4.79 Å². The minimum Gasteiger partial charge on any atom is -0.459 e. The summed E-state index contributed by atoms with van der Waals surface area (Å²) < 4.78 is 42.1. The van der Waals surface area contributed by atoms with Crippen molar-refractivity contribution in [1.82, 2.24) is 5.32 Å². The summed E-state index contributed by atoms with van der Waals surface area (Å²) in [6, 6.07) is 8.24. The Labute approximate surface area is 185 Å². The van der Waals surface area contributed by atoms with Gasteiger partial charge in [0.05, 0.1) is 0 Å². The van der Waals surface area contributed by atoms with Crippen molar-refractivity contribution in [2.24, 2.45) is 0 Å². The number of unbranched alkanes of at least 4 members (excludes halogenated alkanes) is 1. The highest BCUT2D eigenvalue weighted by Gasteiger charge is 2.26. The van der Waals surface area contributed by atoms with E-state index < -0.39 is 12.6 Å². The van der Waals surface area contributed by atoms with Crippen LogP contribution in [-0.2, 0) is 16.0 Å². The molecule has 0 atom stereocenters. The summed E-state index contributed by atoms with van der Waals surface area (Å²) in [5.41, 5.74) is 2.79. The molecule has 1 aromatic carbocycles. The Morgan fingerprint density at radius 3 is 2.26 bits per heavy atom. The molecule has 1 saturated carbocycles. The number of hydrogen-bond acceptors (Lipinski definition) is 3. The van der Waals surface area contributed by atoms with Crippen LogP contribution in [0, 0.1) is 0 Å². The third-order valence-corrected chi connectivity index (χ3v) is 5.45. The number of likely N-dealkylation sites (N-methyl/N-ethyl adjacent to an activating group) is 1.